The highest BCUT2D eigenvalue weighted by molar-refractivity contribution is 6.07. The minimum absolute atomic E-state index is 0.162. The van der Waals surface area contributed by atoms with E-state index in [0.29, 0.717) is 0 Å². The molecule has 1 amide bonds. The number of nitrogens with one attached hydrogen (secondary N) is 1. The monoisotopic (exact) mass is 448 g/mol. The number of fused-ring (bicyclic) bond motifs is 1. The van der Waals surface area contributed by atoms with E-state index in [0.717, 1.165) is 60.6 Å². The van der Waals surface area contributed by atoms with Gasteiger partial charge in [0.25, 0.3) is 0 Å². The molecular formula is C29H28N4O. The van der Waals surface area contributed by atoms with Gasteiger partial charge in [0.15, 0.2) is 0 Å². The van der Waals surface area contributed by atoms with Crippen molar-refractivity contribution < 1.29 is 4.79 Å². The third-order valence-electron chi connectivity index (χ3n) is 6.17. The maximum Gasteiger partial charge on any atom is 0.248 e. The van der Waals surface area contributed by atoms with Gasteiger partial charge in [-0.3, -0.25) is 14.7 Å². The zero-order valence-electron chi connectivity index (χ0n) is 19.1. The molecule has 1 aromatic heterocycles. The molecule has 0 aliphatic carbocycles. The SMILES string of the molecule is O=C(C=Cc1ccccc1)Nc1cnc2ccccc2c1N1CCN(Cc2ccccc2)CC1. The highest BCUT2D eigenvalue weighted by Crippen LogP contribution is 2.34. The van der Waals surface area contributed by atoms with Crippen LogP contribution in [0.25, 0.3) is 17.0 Å². The van der Waals surface area contributed by atoms with Crippen molar-refractivity contribution in [2.75, 3.05) is 36.4 Å². The second kappa shape index (κ2) is 10.3. The Kier molecular flexibility index (Phi) is 6.64. The quantitative estimate of drug-likeness (QED) is 0.412. The predicted molar refractivity (Wildman–Crippen MR) is 140 cm³/mol. The number of nitrogens with zero attached hydrogens (tertiary/aromatic N) is 3. The van der Waals surface area contributed by atoms with Crippen LogP contribution >= 0.6 is 0 Å². The summed E-state index contributed by atoms with van der Waals surface area (Å²) in [5, 5.41) is 4.14. The molecule has 5 rings (SSSR count). The van der Waals surface area contributed by atoms with Gasteiger partial charge in [-0.25, -0.2) is 0 Å². The summed E-state index contributed by atoms with van der Waals surface area (Å²) in [7, 11) is 0. The van der Waals surface area contributed by atoms with E-state index in [1.165, 1.54) is 5.56 Å². The summed E-state index contributed by atoms with van der Waals surface area (Å²) in [5.74, 6) is -0.162. The Morgan fingerprint density at radius 1 is 0.853 bits per heavy atom. The van der Waals surface area contributed by atoms with Crippen LogP contribution in [-0.2, 0) is 11.3 Å². The van der Waals surface area contributed by atoms with Crippen molar-refractivity contribution in [1.29, 1.82) is 0 Å². The number of hydrogen-bond donors (Lipinski definition) is 1. The summed E-state index contributed by atoms with van der Waals surface area (Å²) in [6.45, 7) is 4.67. The van der Waals surface area contributed by atoms with E-state index < -0.39 is 0 Å². The maximum absolute atomic E-state index is 12.8. The van der Waals surface area contributed by atoms with E-state index in [4.69, 9.17) is 0 Å². The van der Waals surface area contributed by atoms with Crippen LogP contribution in [0.4, 0.5) is 11.4 Å². The van der Waals surface area contributed by atoms with Crippen LogP contribution in [0.2, 0.25) is 0 Å². The number of carbonyl (C=O) groups is 1. The maximum atomic E-state index is 12.8. The smallest absolute Gasteiger partial charge is 0.248 e. The number of aromatic nitrogens is 1. The average molecular weight is 449 g/mol. The number of piperazine rings is 1. The fourth-order valence-corrected chi connectivity index (χ4v) is 4.44. The third-order valence-corrected chi connectivity index (χ3v) is 6.17. The van der Waals surface area contributed by atoms with Gasteiger partial charge in [-0.2, -0.15) is 0 Å². The Bertz CT molecular complexity index is 1280. The fourth-order valence-electron chi connectivity index (χ4n) is 4.44. The Labute approximate surface area is 200 Å². The molecule has 1 saturated heterocycles. The predicted octanol–water partition coefficient (Wildman–Crippen LogP) is 5.21. The highest BCUT2D eigenvalue weighted by Gasteiger charge is 2.22. The zero-order valence-corrected chi connectivity index (χ0v) is 19.1. The van der Waals surface area contributed by atoms with Crippen LogP contribution in [0.15, 0.2) is 97.2 Å². The van der Waals surface area contributed by atoms with Gasteiger partial charge in [-0.15, -0.1) is 0 Å². The molecule has 34 heavy (non-hydrogen) atoms. The number of carbonyl (C=O) groups excluding carboxylic acids is 1. The van der Waals surface area contributed by atoms with Gasteiger partial charge in [0, 0.05) is 44.2 Å². The summed E-state index contributed by atoms with van der Waals surface area (Å²) < 4.78 is 0. The first-order valence-electron chi connectivity index (χ1n) is 11.7. The van der Waals surface area contributed by atoms with Crippen molar-refractivity contribution in [3.63, 3.8) is 0 Å². The molecule has 0 spiro atoms. The second-order valence-corrected chi connectivity index (χ2v) is 8.52. The Balaban J connectivity index is 1.35. The number of benzene rings is 3. The lowest BCUT2D eigenvalue weighted by molar-refractivity contribution is -0.111. The normalized spacial score (nSPS) is 14.5. The van der Waals surface area contributed by atoms with Crippen molar-refractivity contribution >= 4 is 34.3 Å². The van der Waals surface area contributed by atoms with Crippen LogP contribution < -0.4 is 10.2 Å². The summed E-state index contributed by atoms with van der Waals surface area (Å²) in [4.78, 5) is 22.2. The van der Waals surface area contributed by atoms with E-state index in [1.807, 2.05) is 54.6 Å². The minimum Gasteiger partial charge on any atom is -0.367 e. The number of anilines is 2. The molecule has 1 fully saturated rings. The highest BCUT2D eigenvalue weighted by atomic mass is 16.1. The largest absolute Gasteiger partial charge is 0.367 e. The number of hydrogen-bond acceptors (Lipinski definition) is 4. The van der Waals surface area contributed by atoms with Crippen molar-refractivity contribution in [2.24, 2.45) is 0 Å². The molecule has 0 radical (unpaired) electrons. The van der Waals surface area contributed by atoms with Crippen molar-refractivity contribution in [1.82, 2.24) is 9.88 Å². The van der Waals surface area contributed by atoms with Gasteiger partial charge in [0.05, 0.1) is 23.1 Å². The average Bonchev–Trinajstić information content (AvgIpc) is 2.89. The van der Waals surface area contributed by atoms with Crippen LogP contribution in [0.1, 0.15) is 11.1 Å². The molecule has 0 saturated carbocycles. The molecule has 3 aromatic carbocycles. The topological polar surface area (TPSA) is 48.5 Å². The minimum atomic E-state index is -0.162. The summed E-state index contributed by atoms with van der Waals surface area (Å²) >= 11 is 0. The third kappa shape index (κ3) is 5.16. The summed E-state index contributed by atoms with van der Waals surface area (Å²) in [5.41, 5.74) is 5.05. The first kappa shape index (κ1) is 21.9. The summed E-state index contributed by atoms with van der Waals surface area (Å²) in [6, 6.07) is 28.6. The lowest BCUT2D eigenvalue weighted by Crippen LogP contribution is -2.46. The van der Waals surface area contributed by atoms with Gasteiger partial charge >= 0.3 is 0 Å². The molecule has 1 aliphatic heterocycles. The van der Waals surface area contributed by atoms with E-state index >= 15 is 0 Å². The Morgan fingerprint density at radius 3 is 2.29 bits per heavy atom. The van der Waals surface area contributed by atoms with Crippen molar-refractivity contribution in [3.8, 4) is 0 Å². The fraction of sp³-hybridized carbons (Fsp3) is 0.172. The van der Waals surface area contributed by atoms with Gasteiger partial charge in [0.1, 0.15) is 0 Å². The van der Waals surface area contributed by atoms with Crippen LogP contribution in [0.5, 0.6) is 0 Å². The van der Waals surface area contributed by atoms with Crippen molar-refractivity contribution in [3.05, 3.63) is 108 Å². The second-order valence-electron chi connectivity index (χ2n) is 8.52. The number of para-hydroxylation sites is 1. The standard InChI is InChI=1S/C29H28N4O/c34-28(16-15-23-9-3-1-4-10-23)31-27-21-30-26-14-8-7-13-25(26)29(27)33-19-17-32(18-20-33)22-24-11-5-2-6-12-24/h1-16,21H,17-20,22H2,(H,31,34). The molecule has 0 bridgehead atoms. The molecule has 5 nitrogen and oxygen atoms in total. The first-order valence-corrected chi connectivity index (χ1v) is 11.7. The van der Waals surface area contributed by atoms with Gasteiger partial charge in [-0.05, 0) is 23.3 Å². The molecule has 0 atom stereocenters. The van der Waals surface area contributed by atoms with Gasteiger partial charge in [0.2, 0.25) is 5.91 Å². The van der Waals surface area contributed by atoms with Crippen LogP contribution in [0, 0.1) is 0 Å². The lowest BCUT2D eigenvalue weighted by Gasteiger charge is -2.37. The number of rotatable bonds is 6. The zero-order chi connectivity index (χ0) is 23.2. The van der Waals surface area contributed by atoms with Crippen molar-refractivity contribution in [2.45, 2.75) is 6.54 Å². The molecule has 4 aromatic rings. The molecule has 2 heterocycles. The molecule has 1 N–H and O–H groups in total. The Morgan fingerprint density at radius 2 is 1.53 bits per heavy atom. The van der Waals surface area contributed by atoms with Gasteiger partial charge in [-0.1, -0.05) is 78.9 Å². The molecular weight excluding hydrogens is 420 g/mol. The first-order chi connectivity index (χ1) is 16.8. The van der Waals surface area contributed by atoms with E-state index in [9.17, 15) is 4.79 Å². The Hall–Kier alpha value is -3.96. The molecule has 5 heteroatoms. The summed E-state index contributed by atoms with van der Waals surface area (Å²) in [6.07, 6.45) is 5.18. The van der Waals surface area contributed by atoms with E-state index in [1.54, 1.807) is 12.3 Å². The lowest BCUT2D eigenvalue weighted by atomic mass is 10.1. The van der Waals surface area contributed by atoms with E-state index in [-0.39, 0.29) is 5.91 Å². The van der Waals surface area contributed by atoms with Crippen LogP contribution in [0.3, 0.4) is 0 Å². The molecule has 170 valence electrons. The van der Waals surface area contributed by atoms with Gasteiger partial charge < -0.3 is 10.2 Å². The van der Waals surface area contributed by atoms with E-state index in [2.05, 4.69) is 56.5 Å². The number of pyridine rings is 1. The molecule has 1 aliphatic rings. The molecule has 0 unspecified atom stereocenters. The van der Waals surface area contributed by atoms with Crippen LogP contribution in [-0.4, -0.2) is 42.0 Å². The number of amides is 1.